The molecule has 1 atom stereocenters. The first-order valence-electron chi connectivity index (χ1n) is 7.70. The van der Waals surface area contributed by atoms with Crippen molar-refractivity contribution >= 4 is 34.1 Å². The fraction of sp³-hybridized carbons (Fsp3) is 0.250. The number of carbonyl (C=O) groups excluding carboxylic acids is 1. The Balaban J connectivity index is 1.65. The van der Waals surface area contributed by atoms with Crippen LogP contribution in [0.2, 0.25) is 0 Å². The normalized spacial score (nSPS) is 12.8. The van der Waals surface area contributed by atoms with Crippen LogP contribution in [0.5, 0.6) is 0 Å². The Labute approximate surface area is 160 Å². The van der Waals surface area contributed by atoms with E-state index < -0.39 is 17.3 Å². The summed E-state index contributed by atoms with van der Waals surface area (Å²) in [5.41, 5.74) is 1.66. The van der Waals surface area contributed by atoms with Crippen molar-refractivity contribution in [3.63, 3.8) is 0 Å². The quantitative estimate of drug-likeness (QED) is 0.638. The Kier molecular flexibility index (Phi) is 5.51. The number of anilines is 1. The molecule has 3 aromatic rings. The predicted molar refractivity (Wildman–Crippen MR) is 97.5 cm³/mol. The minimum absolute atomic E-state index is 0.00842. The molecule has 3 rings (SSSR count). The van der Waals surface area contributed by atoms with Crippen LogP contribution in [-0.4, -0.2) is 30.9 Å². The summed E-state index contributed by atoms with van der Waals surface area (Å²) in [7, 11) is 1.21. The molecule has 0 saturated heterocycles. The number of hydrogen-bond donors (Lipinski definition) is 1. The molecule has 0 radical (unpaired) electrons. The van der Waals surface area contributed by atoms with Gasteiger partial charge in [-0.05, 0) is 6.92 Å². The van der Waals surface area contributed by atoms with E-state index in [-0.39, 0.29) is 11.1 Å². The van der Waals surface area contributed by atoms with Crippen LogP contribution in [0.4, 0.5) is 18.3 Å². The number of nitrogens with zero attached hydrogens (tertiary/aromatic N) is 4. The maximum absolute atomic E-state index is 12.8. The molecule has 1 amide bonds. The second-order valence-electron chi connectivity index (χ2n) is 5.52. The van der Waals surface area contributed by atoms with Crippen LogP contribution < -0.4 is 5.32 Å². The number of rotatable bonds is 5. The topological polar surface area (TPSA) is 72.7 Å². The highest BCUT2D eigenvalue weighted by Crippen LogP contribution is 2.31. The molecule has 0 bridgehead atoms. The average Bonchev–Trinajstić information content (AvgIpc) is 3.22. The maximum atomic E-state index is 12.8. The predicted octanol–water partition coefficient (Wildman–Crippen LogP) is 4.08. The van der Waals surface area contributed by atoms with Crippen molar-refractivity contribution in [2.45, 2.75) is 23.5 Å². The van der Waals surface area contributed by atoms with E-state index in [9.17, 15) is 18.0 Å². The zero-order valence-corrected chi connectivity index (χ0v) is 15.8. The van der Waals surface area contributed by atoms with E-state index in [2.05, 4.69) is 20.5 Å². The molecule has 0 aliphatic heterocycles. The van der Waals surface area contributed by atoms with Gasteiger partial charge in [0.25, 0.3) is 0 Å². The Morgan fingerprint density at radius 1 is 1.26 bits per heavy atom. The van der Waals surface area contributed by atoms with Gasteiger partial charge in [-0.25, -0.2) is 4.98 Å². The largest absolute Gasteiger partial charge is 0.451 e. The molecule has 1 N–H and O–H groups in total. The summed E-state index contributed by atoms with van der Waals surface area (Å²) < 4.78 is 39.1. The van der Waals surface area contributed by atoms with E-state index in [1.165, 1.54) is 18.4 Å². The molecule has 2 heterocycles. The van der Waals surface area contributed by atoms with E-state index >= 15 is 0 Å². The van der Waals surface area contributed by atoms with Gasteiger partial charge in [-0.1, -0.05) is 42.1 Å². The maximum Gasteiger partial charge on any atom is 0.451 e. The summed E-state index contributed by atoms with van der Waals surface area (Å²) >= 11 is 2.16. The van der Waals surface area contributed by atoms with Gasteiger partial charge < -0.3 is 9.88 Å². The fourth-order valence-corrected chi connectivity index (χ4v) is 3.69. The molecule has 1 aromatic carbocycles. The molecular weight excluding hydrogens is 399 g/mol. The van der Waals surface area contributed by atoms with Gasteiger partial charge in [0, 0.05) is 18.0 Å². The monoisotopic (exact) mass is 413 g/mol. The van der Waals surface area contributed by atoms with E-state index in [1.54, 1.807) is 6.92 Å². The smallest absolute Gasteiger partial charge is 0.302 e. The Morgan fingerprint density at radius 2 is 1.96 bits per heavy atom. The van der Waals surface area contributed by atoms with Crippen LogP contribution >= 0.6 is 23.1 Å². The molecule has 0 unspecified atom stereocenters. The van der Waals surface area contributed by atoms with E-state index in [0.29, 0.717) is 5.13 Å². The van der Waals surface area contributed by atoms with Gasteiger partial charge >= 0.3 is 6.18 Å². The third-order valence-electron chi connectivity index (χ3n) is 3.54. The van der Waals surface area contributed by atoms with Crippen molar-refractivity contribution in [2.75, 3.05) is 5.32 Å². The standard InChI is InChI=1S/C16H14F3N5OS2/c1-9(27-15-23-22-13(24(15)2)16(17,18)19)12(25)21-14-20-11(8-26-14)10-6-4-3-5-7-10/h3-9H,1-2H3,(H,20,21,25)/t9-/m0/s1. The van der Waals surface area contributed by atoms with Gasteiger partial charge in [0.05, 0.1) is 10.9 Å². The molecule has 2 aromatic heterocycles. The molecule has 11 heteroatoms. The van der Waals surface area contributed by atoms with Gasteiger partial charge in [0.1, 0.15) is 0 Å². The van der Waals surface area contributed by atoms with Crippen molar-refractivity contribution in [2.24, 2.45) is 7.05 Å². The number of carbonyl (C=O) groups is 1. The van der Waals surface area contributed by atoms with Crippen molar-refractivity contribution in [1.29, 1.82) is 0 Å². The van der Waals surface area contributed by atoms with Crippen LogP contribution in [0.1, 0.15) is 12.7 Å². The number of halogens is 3. The highest BCUT2D eigenvalue weighted by molar-refractivity contribution is 8.00. The van der Waals surface area contributed by atoms with Crippen LogP contribution in [-0.2, 0) is 18.0 Å². The zero-order chi connectivity index (χ0) is 19.6. The summed E-state index contributed by atoms with van der Waals surface area (Å²) in [4.78, 5) is 16.7. The molecule has 27 heavy (non-hydrogen) atoms. The summed E-state index contributed by atoms with van der Waals surface area (Å²) in [6, 6.07) is 9.49. The number of benzene rings is 1. The number of alkyl halides is 3. The van der Waals surface area contributed by atoms with E-state index in [0.717, 1.165) is 27.6 Å². The molecule has 0 aliphatic rings. The van der Waals surface area contributed by atoms with Crippen molar-refractivity contribution < 1.29 is 18.0 Å². The molecule has 0 saturated carbocycles. The minimum Gasteiger partial charge on any atom is -0.302 e. The number of amides is 1. The number of aromatic nitrogens is 4. The summed E-state index contributed by atoms with van der Waals surface area (Å²) in [5.74, 6) is -1.49. The minimum atomic E-state index is -4.60. The number of nitrogens with one attached hydrogen (secondary N) is 1. The highest BCUT2D eigenvalue weighted by atomic mass is 32.2. The molecule has 0 fully saturated rings. The molecule has 0 spiro atoms. The molecular formula is C16H14F3N5OS2. The molecule has 6 nitrogen and oxygen atoms in total. The third kappa shape index (κ3) is 4.48. The lowest BCUT2D eigenvalue weighted by Crippen LogP contribution is -2.23. The first-order chi connectivity index (χ1) is 12.8. The Morgan fingerprint density at radius 3 is 2.59 bits per heavy atom. The first kappa shape index (κ1) is 19.4. The van der Waals surface area contributed by atoms with Crippen molar-refractivity contribution in [3.05, 3.63) is 41.5 Å². The zero-order valence-electron chi connectivity index (χ0n) is 14.2. The SMILES string of the molecule is C[C@H](Sc1nnc(C(F)(F)F)n1C)C(=O)Nc1nc(-c2ccccc2)cs1. The van der Waals surface area contributed by atoms with Crippen molar-refractivity contribution in [1.82, 2.24) is 19.7 Å². The number of hydrogen-bond acceptors (Lipinski definition) is 6. The first-order valence-corrected chi connectivity index (χ1v) is 9.46. The lowest BCUT2D eigenvalue weighted by Gasteiger charge is -2.10. The fourth-order valence-electron chi connectivity index (χ4n) is 2.16. The van der Waals surface area contributed by atoms with Crippen LogP contribution in [0.15, 0.2) is 40.9 Å². The second-order valence-corrected chi connectivity index (χ2v) is 7.68. The molecule has 142 valence electrons. The Bertz CT molecular complexity index is 939. The van der Waals surface area contributed by atoms with Gasteiger partial charge in [-0.2, -0.15) is 13.2 Å². The summed E-state index contributed by atoms with van der Waals surface area (Å²) in [6.45, 7) is 1.58. The lowest BCUT2D eigenvalue weighted by atomic mass is 10.2. The van der Waals surface area contributed by atoms with Gasteiger partial charge in [-0.15, -0.1) is 21.5 Å². The lowest BCUT2D eigenvalue weighted by molar-refractivity contribution is -0.147. The Hall–Kier alpha value is -2.40. The van der Waals surface area contributed by atoms with Crippen LogP contribution in [0, 0.1) is 0 Å². The van der Waals surface area contributed by atoms with E-state index in [4.69, 9.17) is 0 Å². The van der Waals surface area contributed by atoms with Gasteiger partial charge in [-0.3, -0.25) is 4.79 Å². The number of thiazole rings is 1. The molecule has 0 aliphatic carbocycles. The average molecular weight is 413 g/mol. The highest BCUT2D eigenvalue weighted by Gasteiger charge is 2.37. The number of thioether (sulfide) groups is 1. The summed E-state index contributed by atoms with van der Waals surface area (Å²) in [6.07, 6.45) is -4.60. The van der Waals surface area contributed by atoms with E-state index in [1.807, 2.05) is 35.7 Å². The van der Waals surface area contributed by atoms with Crippen molar-refractivity contribution in [3.8, 4) is 11.3 Å². The van der Waals surface area contributed by atoms with Crippen LogP contribution in [0.25, 0.3) is 11.3 Å². The van der Waals surface area contributed by atoms with Crippen LogP contribution in [0.3, 0.4) is 0 Å². The third-order valence-corrected chi connectivity index (χ3v) is 5.44. The summed E-state index contributed by atoms with van der Waals surface area (Å²) in [5, 5.41) is 10.9. The van der Waals surface area contributed by atoms with Gasteiger partial charge in [0.15, 0.2) is 10.3 Å². The van der Waals surface area contributed by atoms with Gasteiger partial charge in [0.2, 0.25) is 11.7 Å². The second kappa shape index (κ2) is 7.69.